The van der Waals surface area contributed by atoms with Crippen molar-refractivity contribution in [1.82, 2.24) is 23.6 Å². The van der Waals surface area contributed by atoms with Crippen LogP contribution in [-0.2, 0) is 17.1 Å². The minimum absolute atomic E-state index is 0.162. The minimum atomic E-state index is -3.64. The van der Waals surface area contributed by atoms with Gasteiger partial charge in [-0.2, -0.15) is 10.4 Å². The molecular weight excluding hydrogens is 484 g/mol. The molecule has 0 saturated carbocycles. The zero-order chi connectivity index (χ0) is 26.2. The number of aromatic nitrogens is 4. The van der Waals surface area contributed by atoms with E-state index in [4.69, 9.17) is 5.10 Å². The summed E-state index contributed by atoms with van der Waals surface area (Å²) in [7, 11) is 1.23. The zero-order valence-electron chi connectivity index (χ0n) is 20.6. The molecule has 9 heteroatoms. The van der Waals surface area contributed by atoms with Crippen molar-refractivity contribution in [3.8, 4) is 23.0 Å². The summed E-state index contributed by atoms with van der Waals surface area (Å²) in [4.78, 5) is 4.84. The third kappa shape index (κ3) is 4.44. The molecule has 0 spiro atoms. The number of para-hydroxylation sites is 3. The topological polar surface area (TPSA) is 96.8 Å². The summed E-state index contributed by atoms with van der Waals surface area (Å²) in [6.07, 6.45) is 3.58. The Hall–Kier alpha value is -4.52. The molecule has 0 saturated heterocycles. The lowest BCUT2D eigenvalue weighted by Crippen LogP contribution is -2.22. The van der Waals surface area contributed by atoms with Crippen LogP contribution in [0, 0.1) is 11.3 Å². The largest absolute Gasteiger partial charge is 0.327 e. The maximum absolute atomic E-state index is 12.8. The number of allylic oxidation sites excluding steroid dienone is 1. The van der Waals surface area contributed by atoms with E-state index in [9.17, 15) is 13.7 Å². The monoisotopic (exact) mass is 508 g/mol. The van der Waals surface area contributed by atoms with Gasteiger partial charge in [-0.25, -0.2) is 22.4 Å². The fourth-order valence-electron chi connectivity index (χ4n) is 4.13. The molecule has 0 unspecified atom stereocenters. The number of hydrogen-bond acceptors (Lipinski definition) is 5. The fourth-order valence-corrected chi connectivity index (χ4v) is 5.08. The lowest BCUT2D eigenvalue weighted by atomic mass is 10.1. The average molecular weight is 509 g/mol. The highest BCUT2D eigenvalue weighted by Gasteiger charge is 2.20. The quantitative estimate of drug-likeness (QED) is 0.309. The van der Waals surface area contributed by atoms with Crippen molar-refractivity contribution < 1.29 is 8.42 Å². The summed E-state index contributed by atoms with van der Waals surface area (Å²) >= 11 is 0. The SMILES string of the molecule is CN(C)S(=O)(=O)c1cccc(-c2nn(-c3ccccc3)cc2C=C(C#N)c2nc3ccccc3n2C)c1. The van der Waals surface area contributed by atoms with Gasteiger partial charge >= 0.3 is 0 Å². The molecule has 2 aromatic heterocycles. The summed E-state index contributed by atoms with van der Waals surface area (Å²) in [6, 6.07) is 26.2. The molecule has 0 fully saturated rings. The number of nitrogens with zero attached hydrogens (tertiary/aromatic N) is 6. The standard InChI is InChI=1S/C28H24N6O2S/c1-32(2)37(35,36)24-13-9-10-20(17-24)27-22(19-34(31-27)23-11-5-4-6-12-23)16-21(18-29)28-30-25-14-7-8-15-26(25)33(28)3/h4-17,19H,1-3H3. The van der Waals surface area contributed by atoms with E-state index < -0.39 is 10.0 Å². The van der Waals surface area contributed by atoms with E-state index in [-0.39, 0.29) is 4.90 Å². The second-order valence-corrected chi connectivity index (χ2v) is 10.8. The highest BCUT2D eigenvalue weighted by Crippen LogP contribution is 2.30. The van der Waals surface area contributed by atoms with E-state index in [1.165, 1.54) is 18.4 Å². The van der Waals surface area contributed by atoms with Gasteiger partial charge in [-0.05, 0) is 42.5 Å². The van der Waals surface area contributed by atoms with Crippen LogP contribution in [-0.4, -0.2) is 46.1 Å². The van der Waals surface area contributed by atoms with Crippen LogP contribution >= 0.6 is 0 Å². The molecule has 5 rings (SSSR count). The molecule has 0 aliphatic carbocycles. The lowest BCUT2D eigenvalue weighted by Gasteiger charge is -2.12. The third-order valence-electron chi connectivity index (χ3n) is 6.10. The summed E-state index contributed by atoms with van der Waals surface area (Å²) in [5, 5.41) is 14.9. The van der Waals surface area contributed by atoms with Crippen molar-refractivity contribution in [1.29, 1.82) is 5.26 Å². The molecule has 5 aromatic rings. The molecule has 8 nitrogen and oxygen atoms in total. The molecule has 3 aromatic carbocycles. The summed E-state index contributed by atoms with van der Waals surface area (Å²) in [5.41, 5.74) is 4.74. The number of hydrogen-bond donors (Lipinski definition) is 0. The van der Waals surface area contributed by atoms with Crippen molar-refractivity contribution in [2.24, 2.45) is 7.05 Å². The molecule has 0 amide bonds. The molecule has 2 heterocycles. The van der Waals surface area contributed by atoms with E-state index >= 15 is 0 Å². The summed E-state index contributed by atoms with van der Waals surface area (Å²) in [6.45, 7) is 0. The number of imidazole rings is 1. The van der Waals surface area contributed by atoms with Gasteiger partial charge in [0.15, 0.2) is 5.82 Å². The molecule has 0 aliphatic heterocycles. The van der Waals surface area contributed by atoms with E-state index in [1.807, 2.05) is 78.5 Å². The Balaban J connectivity index is 1.71. The van der Waals surface area contributed by atoms with Gasteiger partial charge in [0.25, 0.3) is 0 Å². The first-order chi connectivity index (χ1) is 17.8. The average Bonchev–Trinajstić information content (AvgIpc) is 3.49. The van der Waals surface area contributed by atoms with Gasteiger partial charge < -0.3 is 4.57 Å². The lowest BCUT2D eigenvalue weighted by molar-refractivity contribution is 0.521. The van der Waals surface area contributed by atoms with E-state index in [2.05, 4.69) is 11.1 Å². The van der Waals surface area contributed by atoms with Gasteiger partial charge in [0, 0.05) is 38.5 Å². The Morgan fingerprint density at radius 2 is 1.73 bits per heavy atom. The Morgan fingerprint density at radius 1 is 1.00 bits per heavy atom. The smallest absolute Gasteiger partial charge is 0.242 e. The third-order valence-corrected chi connectivity index (χ3v) is 7.91. The Morgan fingerprint density at radius 3 is 2.43 bits per heavy atom. The van der Waals surface area contributed by atoms with Crippen LogP contribution in [0.5, 0.6) is 0 Å². The molecular formula is C28H24N6O2S. The van der Waals surface area contributed by atoms with Crippen LogP contribution in [0.2, 0.25) is 0 Å². The normalized spacial score (nSPS) is 12.2. The summed E-state index contributed by atoms with van der Waals surface area (Å²) in [5.74, 6) is 0.533. The second kappa shape index (κ2) is 9.50. The van der Waals surface area contributed by atoms with Gasteiger partial charge in [-0.15, -0.1) is 0 Å². The van der Waals surface area contributed by atoms with Crippen LogP contribution in [0.25, 0.3) is 39.6 Å². The first kappa shape index (κ1) is 24.2. The molecule has 0 N–H and O–H groups in total. The highest BCUT2D eigenvalue weighted by atomic mass is 32.2. The van der Waals surface area contributed by atoms with Gasteiger partial charge in [-0.1, -0.05) is 42.5 Å². The highest BCUT2D eigenvalue weighted by molar-refractivity contribution is 7.89. The number of aryl methyl sites for hydroxylation is 1. The Labute approximate surface area is 215 Å². The number of sulfonamides is 1. The van der Waals surface area contributed by atoms with Crippen molar-refractivity contribution in [3.05, 3.63) is 96.4 Å². The van der Waals surface area contributed by atoms with E-state index in [0.29, 0.717) is 28.2 Å². The number of benzene rings is 3. The van der Waals surface area contributed by atoms with Crippen molar-refractivity contribution in [2.75, 3.05) is 14.1 Å². The maximum atomic E-state index is 12.8. The van der Waals surface area contributed by atoms with Crippen LogP contribution in [0.4, 0.5) is 0 Å². The van der Waals surface area contributed by atoms with E-state index in [1.54, 1.807) is 29.0 Å². The van der Waals surface area contributed by atoms with Gasteiger partial charge in [-0.3, -0.25) is 0 Å². The number of rotatable bonds is 6. The fraction of sp³-hybridized carbons (Fsp3) is 0.107. The minimum Gasteiger partial charge on any atom is -0.327 e. The van der Waals surface area contributed by atoms with Gasteiger partial charge in [0.05, 0.1) is 27.2 Å². The molecule has 0 bridgehead atoms. The van der Waals surface area contributed by atoms with Gasteiger partial charge in [0.2, 0.25) is 10.0 Å². The van der Waals surface area contributed by atoms with Crippen molar-refractivity contribution in [3.63, 3.8) is 0 Å². The second-order valence-electron chi connectivity index (χ2n) is 8.68. The Bertz CT molecular complexity index is 1790. The molecule has 37 heavy (non-hydrogen) atoms. The van der Waals surface area contributed by atoms with Crippen molar-refractivity contribution >= 4 is 32.7 Å². The molecule has 0 atom stereocenters. The predicted molar refractivity (Wildman–Crippen MR) is 144 cm³/mol. The summed E-state index contributed by atoms with van der Waals surface area (Å²) < 4.78 is 30.4. The van der Waals surface area contributed by atoms with Crippen LogP contribution in [0.15, 0.2) is 90.0 Å². The molecule has 0 radical (unpaired) electrons. The molecule has 0 aliphatic rings. The number of fused-ring (bicyclic) bond motifs is 1. The van der Waals surface area contributed by atoms with Crippen LogP contribution in [0.1, 0.15) is 11.4 Å². The molecule has 184 valence electrons. The first-order valence-corrected chi connectivity index (χ1v) is 13.0. The first-order valence-electron chi connectivity index (χ1n) is 11.5. The zero-order valence-corrected chi connectivity index (χ0v) is 21.4. The van der Waals surface area contributed by atoms with Crippen LogP contribution < -0.4 is 0 Å². The Kier molecular flexibility index (Phi) is 6.21. The maximum Gasteiger partial charge on any atom is 0.242 e. The van der Waals surface area contributed by atoms with E-state index in [0.717, 1.165) is 16.7 Å². The predicted octanol–water partition coefficient (Wildman–Crippen LogP) is 4.74. The van der Waals surface area contributed by atoms with Gasteiger partial charge in [0.1, 0.15) is 11.8 Å². The van der Waals surface area contributed by atoms with Crippen molar-refractivity contribution in [2.45, 2.75) is 4.90 Å². The van der Waals surface area contributed by atoms with Crippen LogP contribution in [0.3, 0.4) is 0 Å². The number of nitriles is 1.